The normalized spacial score (nSPS) is 23.7. The molecule has 2 N–H and O–H groups in total. The molecule has 0 bridgehead atoms. The van der Waals surface area contributed by atoms with E-state index in [1.54, 1.807) is 36.1 Å². The van der Waals surface area contributed by atoms with E-state index in [4.69, 9.17) is 11.6 Å². The van der Waals surface area contributed by atoms with Gasteiger partial charge in [-0.05, 0) is 48.7 Å². The van der Waals surface area contributed by atoms with Crippen LogP contribution in [0, 0.1) is 5.82 Å². The second kappa shape index (κ2) is 8.35. The van der Waals surface area contributed by atoms with Crippen LogP contribution in [0.2, 0.25) is 5.02 Å². The Labute approximate surface area is 212 Å². The number of imide groups is 1. The zero-order chi connectivity index (χ0) is 25.2. The van der Waals surface area contributed by atoms with Crippen LogP contribution in [0.15, 0.2) is 48.6 Å². The first kappa shape index (κ1) is 23.1. The molecule has 0 aliphatic carbocycles. The van der Waals surface area contributed by atoms with Crippen LogP contribution in [0.3, 0.4) is 0 Å². The number of benzene rings is 2. The van der Waals surface area contributed by atoms with E-state index in [9.17, 15) is 19.1 Å². The van der Waals surface area contributed by atoms with Gasteiger partial charge < -0.3 is 10.1 Å². The summed E-state index contributed by atoms with van der Waals surface area (Å²) in [6.45, 7) is 4.69. The van der Waals surface area contributed by atoms with Gasteiger partial charge in [0.25, 0.3) is 5.91 Å². The van der Waals surface area contributed by atoms with Crippen molar-refractivity contribution in [3.63, 3.8) is 0 Å². The number of phenolic OH excluding ortho intramolecular Hbond substituents is 1. The van der Waals surface area contributed by atoms with Gasteiger partial charge in [0.05, 0.1) is 5.02 Å². The van der Waals surface area contributed by atoms with Crippen molar-refractivity contribution in [3.05, 3.63) is 76.2 Å². The van der Waals surface area contributed by atoms with Crippen LogP contribution < -0.4 is 0 Å². The van der Waals surface area contributed by atoms with Crippen LogP contribution >= 0.6 is 11.6 Å². The molecule has 36 heavy (non-hydrogen) atoms. The number of hydrogen-bond donors (Lipinski definition) is 2. The Kier molecular flexibility index (Phi) is 5.35. The minimum absolute atomic E-state index is 0.00218. The summed E-state index contributed by atoms with van der Waals surface area (Å²) in [7, 11) is 0. The third kappa shape index (κ3) is 3.43. The highest BCUT2D eigenvalue weighted by atomic mass is 35.5. The number of aromatic nitrogens is 1. The number of nitrogens with one attached hydrogen (secondary N) is 1. The Morgan fingerprint density at radius 1 is 1.17 bits per heavy atom. The Balaban J connectivity index is 1.43. The minimum atomic E-state index is -1.13. The van der Waals surface area contributed by atoms with E-state index >= 15 is 0 Å². The lowest BCUT2D eigenvalue weighted by Crippen LogP contribution is -2.53. The molecule has 2 aromatic carbocycles. The van der Waals surface area contributed by atoms with Gasteiger partial charge in [-0.3, -0.25) is 19.5 Å². The first-order chi connectivity index (χ1) is 17.3. The Morgan fingerprint density at radius 2 is 1.94 bits per heavy atom. The molecule has 3 aromatic rings. The standard InChI is InChI=1S/C27H26ClFN4O3/c1-27-15-19-18-13-20(28)21(29)14-22(18)30-23(19)24(16-6-4-7-17(34)12-16)33(27)26(36)32(25(27)35)11-5-10-31-8-2-3-9-31/h2-4,6-7,12-14,24,30,34H,5,8-11,15H2,1H3. The number of amides is 3. The van der Waals surface area contributed by atoms with Crippen molar-refractivity contribution >= 4 is 34.4 Å². The summed E-state index contributed by atoms with van der Waals surface area (Å²) >= 11 is 6.12. The SMILES string of the molecule is CC12Cc3c([nH]c4cc(F)c(Cl)cc34)C(c3cccc(O)c3)N1C(=O)N(CCCN1CC=CC1)C2=O. The third-order valence-electron chi connectivity index (χ3n) is 7.64. The molecule has 4 heterocycles. The van der Waals surface area contributed by atoms with Crippen molar-refractivity contribution in [2.45, 2.75) is 31.3 Å². The molecule has 0 spiro atoms. The highest BCUT2D eigenvalue weighted by molar-refractivity contribution is 6.31. The Bertz CT molecular complexity index is 1430. The van der Waals surface area contributed by atoms with Gasteiger partial charge in [-0.15, -0.1) is 0 Å². The van der Waals surface area contributed by atoms with Crippen molar-refractivity contribution in [2.24, 2.45) is 0 Å². The summed E-state index contributed by atoms with van der Waals surface area (Å²) in [6.07, 6.45) is 5.19. The van der Waals surface area contributed by atoms with Gasteiger partial charge in [-0.2, -0.15) is 0 Å². The van der Waals surface area contributed by atoms with Crippen LogP contribution in [-0.2, 0) is 11.2 Å². The van der Waals surface area contributed by atoms with Crippen LogP contribution in [0.25, 0.3) is 10.9 Å². The predicted molar refractivity (Wildman–Crippen MR) is 134 cm³/mol. The molecule has 9 heteroatoms. The van der Waals surface area contributed by atoms with E-state index < -0.39 is 17.4 Å². The molecule has 2 atom stereocenters. The first-order valence-corrected chi connectivity index (χ1v) is 12.5. The van der Waals surface area contributed by atoms with Gasteiger partial charge in [0.2, 0.25) is 0 Å². The zero-order valence-electron chi connectivity index (χ0n) is 19.8. The molecule has 1 aromatic heterocycles. The highest BCUT2D eigenvalue weighted by Crippen LogP contribution is 2.49. The van der Waals surface area contributed by atoms with Crippen LogP contribution in [0.4, 0.5) is 9.18 Å². The molecule has 0 radical (unpaired) electrons. The van der Waals surface area contributed by atoms with Crippen molar-refractivity contribution in [3.8, 4) is 5.75 Å². The monoisotopic (exact) mass is 508 g/mol. The number of aromatic hydroxyl groups is 1. The second-order valence-corrected chi connectivity index (χ2v) is 10.4. The number of urea groups is 1. The lowest BCUT2D eigenvalue weighted by Gasteiger charge is -2.42. The maximum atomic E-state index is 14.3. The average molecular weight is 509 g/mol. The molecule has 7 nitrogen and oxygen atoms in total. The summed E-state index contributed by atoms with van der Waals surface area (Å²) in [5.41, 5.74) is 1.59. The summed E-state index contributed by atoms with van der Waals surface area (Å²) in [4.78, 5) is 36.2. The van der Waals surface area contributed by atoms with E-state index in [-0.39, 0.29) is 29.1 Å². The van der Waals surface area contributed by atoms with Crippen molar-refractivity contribution in [1.29, 1.82) is 0 Å². The molecule has 3 aliphatic heterocycles. The second-order valence-electron chi connectivity index (χ2n) is 9.97. The van der Waals surface area contributed by atoms with Crippen LogP contribution in [0.1, 0.15) is 36.2 Å². The number of aromatic amines is 1. The average Bonchev–Trinajstić information content (AvgIpc) is 3.52. The molecule has 1 saturated heterocycles. The lowest BCUT2D eigenvalue weighted by molar-refractivity contribution is -0.133. The first-order valence-electron chi connectivity index (χ1n) is 12.1. The fourth-order valence-electron chi connectivity index (χ4n) is 5.91. The van der Waals surface area contributed by atoms with Gasteiger partial charge in [0.1, 0.15) is 23.1 Å². The maximum absolute atomic E-state index is 14.3. The molecule has 0 saturated carbocycles. The Morgan fingerprint density at radius 3 is 2.69 bits per heavy atom. The number of H-pyrrole nitrogens is 1. The molecule has 186 valence electrons. The number of fused-ring (bicyclic) bond motifs is 4. The summed E-state index contributed by atoms with van der Waals surface area (Å²) < 4.78 is 14.3. The van der Waals surface area contributed by atoms with E-state index in [1.165, 1.54) is 11.0 Å². The van der Waals surface area contributed by atoms with Crippen molar-refractivity contribution < 1.29 is 19.1 Å². The quantitative estimate of drug-likeness (QED) is 0.390. The summed E-state index contributed by atoms with van der Waals surface area (Å²) in [5.74, 6) is -0.735. The third-order valence-corrected chi connectivity index (χ3v) is 7.93. The molecule has 1 fully saturated rings. The highest BCUT2D eigenvalue weighted by Gasteiger charge is 2.60. The number of rotatable bonds is 5. The van der Waals surface area contributed by atoms with E-state index in [0.717, 1.165) is 30.6 Å². The summed E-state index contributed by atoms with van der Waals surface area (Å²) in [5, 5.41) is 11.0. The smallest absolute Gasteiger partial charge is 0.328 e. The summed E-state index contributed by atoms with van der Waals surface area (Å²) in [6, 6.07) is 8.58. The van der Waals surface area contributed by atoms with Gasteiger partial charge in [0.15, 0.2) is 0 Å². The Hall–Kier alpha value is -3.36. The largest absolute Gasteiger partial charge is 0.508 e. The van der Waals surface area contributed by atoms with Crippen molar-refractivity contribution in [2.75, 3.05) is 26.2 Å². The van der Waals surface area contributed by atoms with Gasteiger partial charge in [-0.1, -0.05) is 35.9 Å². The van der Waals surface area contributed by atoms with Gasteiger partial charge in [-0.25, -0.2) is 9.18 Å². The molecule has 2 unspecified atom stereocenters. The number of hydrogen-bond acceptors (Lipinski definition) is 4. The van der Waals surface area contributed by atoms with Crippen LogP contribution in [-0.4, -0.2) is 68.4 Å². The number of carbonyl (C=O) groups excluding carboxylic acids is 2. The van der Waals surface area contributed by atoms with Crippen molar-refractivity contribution in [1.82, 2.24) is 19.7 Å². The van der Waals surface area contributed by atoms with Gasteiger partial charge >= 0.3 is 6.03 Å². The predicted octanol–water partition coefficient (Wildman–Crippen LogP) is 4.60. The number of carbonyl (C=O) groups is 2. The molecule has 3 amide bonds. The fourth-order valence-corrected chi connectivity index (χ4v) is 6.07. The lowest BCUT2D eigenvalue weighted by atomic mass is 9.81. The minimum Gasteiger partial charge on any atom is -0.508 e. The fraction of sp³-hybridized carbons (Fsp3) is 0.333. The number of halogens is 2. The van der Waals surface area contributed by atoms with Gasteiger partial charge in [0, 0.05) is 49.2 Å². The van der Waals surface area contributed by atoms with E-state index in [1.807, 2.05) is 6.07 Å². The number of nitrogens with zero attached hydrogens (tertiary/aromatic N) is 3. The number of phenols is 1. The van der Waals surface area contributed by atoms with E-state index in [2.05, 4.69) is 22.0 Å². The van der Waals surface area contributed by atoms with E-state index in [0.29, 0.717) is 29.7 Å². The topological polar surface area (TPSA) is 79.9 Å². The molecular weight excluding hydrogens is 483 g/mol. The van der Waals surface area contributed by atoms with Crippen LogP contribution in [0.5, 0.6) is 5.75 Å². The molecule has 3 aliphatic rings. The molecule has 6 rings (SSSR count). The maximum Gasteiger partial charge on any atom is 0.328 e. The zero-order valence-corrected chi connectivity index (χ0v) is 20.6. The molecular formula is C27H26ClFN4O3.